The number of ether oxygens (including phenoxy) is 1. The van der Waals surface area contributed by atoms with Crippen LogP contribution in [0, 0.1) is 27.7 Å². The van der Waals surface area contributed by atoms with Crippen molar-refractivity contribution >= 4 is 23.5 Å². The summed E-state index contributed by atoms with van der Waals surface area (Å²) in [6.45, 7) is 8.10. The highest BCUT2D eigenvalue weighted by molar-refractivity contribution is 8.00. The maximum absolute atomic E-state index is 12.5. The molecule has 0 spiro atoms. The number of ketones is 1. The van der Waals surface area contributed by atoms with E-state index in [1.807, 2.05) is 19.9 Å². The van der Waals surface area contributed by atoms with Gasteiger partial charge < -0.3 is 9.30 Å². The first kappa shape index (κ1) is 18.3. The lowest BCUT2D eigenvalue weighted by Gasteiger charge is -2.12. The lowest BCUT2D eigenvalue weighted by Crippen LogP contribution is -2.09. The molecule has 0 aliphatic rings. The van der Waals surface area contributed by atoms with Gasteiger partial charge in [-0.15, -0.1) is 11.8 Å². The lowest BCUT2D eigenvalue weighted by atomic mass is 10.1. The summed E-state index contributed by atoms with van der Waals surface area (Å²) >= 11 is 1.28. The fourth-order valence-electron chi connectivity index (χ4n) is 2.89. The fourth-order valence-corrected chi connectivity index (χ4v) is 3.61. The molecule has 0 atom stereocenters. The van der Waals surface area contributed by atoms with Gasteiger partial charge in [0.1, 0.15) is 0 Å². The van der Waals surface area contributed by atoms with Gasteiger partial charge >= 0.3 is 5.97 Å². The molecule has 0 bridgehead atoms. The van der Waals surface area contributed by atoms with Crippen LogP contribution in [0.4, 0.5) is 0 Å². The first-order valence-electron chi connectivity index (χ1n) is 7.79. The Bertz CT molecular complexity index is 757. The zero-order valence-corrected chi connectivity index (χ0v) is 15.6. The van der Waals surface area contributed by atoms with Crippen molar-refractivity contribution in [2.75, 3.05) is 18.6 Å². The molecular weight excluding hydrogens is 322 g/mol. The van der Waals surface area contributed by atoms with Crippen molar-refractivity contribution < 1.29 is 14.3 Å². The van der Waals surface area contributed by atoms with Crippen molar-refractivity contribution in [1.29, 1.82) is 0 Å². The molecular formula is C19H23NO3S. The molecule has 2 rings (SSSR count). The van der Waals surface area contributed by atoms with Gasteiger partial charge in [-0.1, -0.05) is 6.07 Å². The standard InChI is InChI=1S/C19H23NO3S/c1-12-6-13(2)8-16(7-12)20-14(3)9-17(15(20)4)18(21)10-24-11-19(22)23-5/h6-9H,10-11H2,1-5H3. The quantitative estimate of drug-likeness (QED) is 0.590. The molecule has 0 aliphatic heterocycles. The average Bonchev–Trinajstić information content (AvgIpc) is 2.80. The van der Waals surface area contributed by atoms with E-state index in [1.165, 1.54) is 30.0 Å². The van der Waals surface area contributed by atoms with E-state index in [0.29, 0.717) is 5.56 Å². The van der Waals surface area contributed by atoms with E-state index >= 15 is 0 Å². The normalized spacial score (nSPS) is 10.7. The van der Waals surface area contributed by atoms with E-state index in [0.717, 1.165) is 17.1 Å². The topological polar surface area (TPSA) is 48.3 Å². The monoisotopic (exact) mass is 345 g/mol. The summed E-state index contributed by atoms with van der Waals surface area (Å²) in [5.74, 6) is 0.186. The van der Waals surface area contributed by atoms with Crippen LogP contribution in [0.25, 0.3) is 5.69 Å². The van der Waals surface area contributed by atoms with Gasteiger partial charge in [0, 0.05) is 22.6 Å². The van der Waals surface area contributed by atoms with Crippen molar-refractivity contribution in [2.45, 2.75) is 27.7 Å². The third-order valence-corrected chi connectivity index (χ3v) is 4.78. The molecule has 0 fully saturated rings. The Morgan fingerprint density at radius 3 is 2.21 bits per heavy atom. The number of carbonyl (C=O) groups is 2. The second kappa shape index (κ2) is 7.71. The molecule has 1 aromatic heterocycles. The Hall–Kier alpha value is -2.01. The highest BCUT2D eigenvalue weighted by Gasteiger charge is 2.17. The van der Waals surface area contributed by atoms with Crippen molar-refractivity contribution in [2.24, 2.45) is 0 Å². The third-order valence-electron chi connectivity index (χ3n) is 3.88. The van der Waals surface area contributed by atoms with Crippen LogP contribution in [0.1, 0.15) is 32.9 Å². The summed E-state index contributed by atoms with van der Waals surface area (Å²) in [7, 11) is 1.35. The van der Waals surface area contributed by atoms with Gasteiger partial charge in [-0.05, 0) is 57.0 Å². The highest BCUT2D eigenvalue weighted by atomic mass is 32.2. The van der Waals surface area contributed by atoms with Gasteiger partial charge in [0.15, 0.2) is 5.78 Å². The summed E-state index contributed by atoms with van der Waals surface area (Å²) < 4.78 is 6.70. The summed E-state index contributed by atoms with van der Waals surface area (Å²) in [5.41, 5.74) is 6.13. The van der Waals surface area contributed by atoms with E-state index in [2.05, 4.69) is 41.4 Å². The minimum Gasteiger partial charge on any atom is -0.468 e. The third kappa shape index (κ3) is 4.09. The SMILES string of the molecule is COC(=O)CSCC(=O)c1cc(C)n(-c2cc(C)cc(C)c2)c1C. The minimum atomic E-state index is -0.312. The van der Waals surface area contributed by atoms with Crippen LogP contribution >= 0.6 is 11.8 Å². The van der Waals surface area contributed by atoms with Gasteiger partial charge in [-0.2, -0.15) is 0 Å². The van der Waals surface area contributed by atoms with Crippen LogP contribution in [0.2, 0.25) is 0 Å². The molecule has 0 saturated heterocycles. The first-order chi connectivity index (χ1) is 11.3. The van der Waals surface area contributed by atoms with Gasteiger partial charge in [-0.25, -0.2) is 0 Å². The molecule has 0 radical (unpaired) electrons. The van der Waals surface area contributed by atoms with Crippen LogP contribution < -0.4 is 0 Å². The Morgan fingerprint density at radius 2 is 1.62 bits per heavy atom. The smallest absolute Gasteiger partial charge is 0.315 e. The average molecular weight is 345 g/mol. The molecule has 24 heavy (non-hydrogen) atoms. The summed E-state index contributed by atoms with van der Waals surface area (Å²) in [4.78, 5) is 23.6. The van der Waals surface area contributed by atoms with Crippen LogP contribution in [0.5, 0.6) is 0 Å². The maximum Gasteiger partial charge on any atom is 0.315 e. The Kier molecular flexibility index (Phi) is 5.89. The lowest BCUT2D eigenvalue weighted by molar-refractivity contribution is -0.137. The maximum atomic E-state index is 12.5. The molecule has 128 valence electrons. The van der Waals surface area contributed by atoms with E-state index in [-0.39, 0.29) is 23.3 Å². The molecule has 1 heterocycles. The number of aryl methyl sites for hydroxylation is 3. The second-order valence-corrected chi connectivity index (χ2v) is 6.94. The van der Waals surface area contributed by atoms with Crippen molar-refractivity contribution in [3.8, 4) is 5.69 Å². The Balaban J connectivity index is 2.25. The number of hydrogen-bond acceptors (Lipinski definition) is 4. The molecule has 0 aliphatic carbocycles. The minimum absolute atomic E-state index is 0.0348. The molecule has 5 heteroatoms. The van der Waals surface area contributed by atoms with Crippen molar-refractivity contribution in [3.05, 3.63) is 52.3 Å². The highest BCUT2D eigenvalue weighted by Crippen LogP contribution is 2.23. The molecule has 0 saturated carbocycles. The number of benzene rings is 1. The first-order valence-corrected chi connectivity index (χ1v) is 8.94. The second-order valence-electron chi connectivity index (χ2n) is 5.96. The molecule has 4 nitrogen and oxygen atoms in total. The van der Waals surface area contributed by atoms with E-state index in [9.17, 15) is 9.59 Å². The number of nitrogens with zero attached hydrogens (tertiary/aromatic N) is 1. The van der Waals surface area contributed by atoms with Gasteiger partial charge in [0.05, 0.1) is 18.6 Å². The number of hydrogen-bond donors (Lipinski definition) is 0. The number of aromatic nitrogens is 1. The van der Waals surface area contributed by atoms with Crippen molar-refractivity contribution in [1.82, 2.24) is 4.57 Å². The summed E-state index contributed by atoms with van der Waals surface area (Å²) in [6.07, 6.45) is 0. The van der Waals surface area contributed by atoms with E-state index < -0.39 is 0 Å². The van der Waals surface area contributed by atoms with Crippen LogP contribution in [-0.4, -0.2) is 34.9 Å². The van der Waals surface area contributed by atoms with E-state index in [4.69, 9.17) is 0 Å². The Morgan fingerprint density at radius 1 is 1.00 bits per heavy atom. The number of thioether (sulfide) groups is 1. The number of rotatable bonds is 6. The van der Waals surface area contributed by atoms with Crippen LogP contribution in [0.3, 0.4) is 0 Å². The van der Waals surface area contributed by atoms with E-state index in [1.54, 1.807) is 0 Å². The molecule has 0 unspecified atom stereocenters. The van der Waals surface area contributed by atoms with Crippen molar-refractivity contribution in [3.63, 3.8) is 0 Å². The van der Waals surface area contributed by atoms with Gasteiger partial charge in [0.2, 0.25) is 0 Å². The van der Waals surface area contributed by atoms with Gasteiger partial charge in [-0.3, -0.25) is 9.59 Å². The molecule has 0 N–H and O–H groups in total. The van der Waals surface area contributed by atoms with Crippen LogP contribution in [-0.2, 0) is 9.53 Å². The Labute approximate surface area is 147 Å². The number of Topliss-reactive ketones (excluding diaryl/α,β-unsaturated/α-hetero) is 1. The molecule has 1 aromatic carbocycles. The largest absolute Gasteiger partial charge is 0.468 e. The predicted molar refractivity (Wildman–Crippen MR) is 98.4 cm³/mol. The fraction of sp³-hybridized carbons (Fsp3) is 0.368. The molecule has 0 amide bonds. The zero-order chi connectivity index (χ0) is 17.9. The predicted octanol–water partition coefficient (Wildman–Crippen LogP) is 3.80. The zero-order valence-electron chi connectivity index (χ0n) is 14.8. The van der Waals surface area contributed by atoms with Gasteiger partial charge in [0.25, 0.3) is 0 Å². The number of methoxy groups -OCH3 is 1. The van der Waals surface area contributed by atoms with Crippen LogP contribution in [0.15, 0.2) is 24.3 Å². The molecule has 2 aromatic rings. The number of carbonyl (C=O) groups excluding carboxylic acids is 2. The summed E-state index contributed by atoms with van der Waals surface area (Å²) in [5, 5.41) is 0. The number of esters is 1. The summed E-state index contributed by atoms with van der Waals surface area (Å²) in [6, 6.07) is 8.29.